The van der Waals surface area contributed by atoms with E-state index in [0.717, 1.165) is 12.1 Å². The van der Waals surface area contributed by atoms with Gasteiger partial charge in [0.1, 0.15) is 15.8 Å². The van der Waals surface area contributed by atoms with Gasteiger partial charge < -0.3 is 16.4 Å². The Morgan fingerprint density at radius 3 is 2.40 bits per heavy atom. The minimum atomic E-state index is -1.36. The van der Waals surface area contributed by atoms with Crippen LogP contribution in [0.25, 0.3) is 0 Å². The Bertz CT molecular complexity index is 1350. The van der Waals surface area contributed by atoms with Crippen LogP contribution in [0.5, 0.6) is 0 Å². The molecular formula is C23H14BrCl4F2N3O2. The van der Waals surface area contributed by atoms with Gasteiger partial charge in [0.2, 0.25) is 5.91 Å². The number of hydrogen-bond donors (Lipinski definition) is 3. The third-order valence-corrected chi connectivity index (χ3v) is 7.38. The van der Waals surface area contributed by atoms with Crippen molar-refractivity contribution in [1.82, 2.24) is 0 Å². The molecule has 0 spiro atoms. The van der Waals surface area contributed by atoms with Crippen LogP contribution in [-0.2, 0) is 4.79 Å². The molecule has 0 aliphatic heterocycles. The SMILES string of the molecule is Nc1c(F)ccc(NC(=O)c2cc(NC(=O)C3C(c4cc(Cl)cc(Br)c4)C3(Cl)Cl)ccc2Cl)c1F. The Morgan fingerprint density at radius 1 is 1.00 bits per heavy atom. The van der Waals surface area contributed by atoms with Gasteiger partial charge in [0.25, 0.3) is 5.91 Å². The predicted octanol–water partition coefficient (Wildman–Crippen LogP) is 7.39. The summed E-state index contributed by atoms with van der Waals surface area (Å²) >= 11 is 28.4. The number of rotatable bonds is 5. The molecular weight excluding hydrogens is 610 g/mol. The summed E-state index contributed by atoms with van der Waals surface area (Å²) in [6.07, 6.45) is 0. The van der Waals surface area contributed by atoms with Gasteiger partial charge in [-0.25, -0.2) is 8.78 Å². The number of nitrogens with two attached hydrogens (primary N) is 1. The Kier molecular flexibility index (Phi) is 7.23. The van der Waals surface area contributed by atoms with Crippen molar-refractivity contribution >= 4 is 91.2 Å². The van der Waals surface area contributed by atoms with Crippen LogP contribution in [0.1, 0.15) is 21.8 Å². The molecule has 0 radical (unpaired) electrons. The molecule has 4 N–H and O–H groups in total. The number of amides is 2. The van der Waals surface area contributed by atoms with E-state index in [1.165, 1.54) is 18.2 Å². The number of hydrogen-bond acceptors (Lipinski definition) is 3. The fraction of sp³-hybridized carbons (Fsp3) is 0.130. The zero-order chi connectivity index (χ0) is 25.7. The lowest BCUT2D eigenvalue weighted by atomic mass is 10.1. The first-order chi connectivity index (χ1) is 16.4. The van der Waals surface area contributed by atoms with Gasteiger partial charge in [-0.2, -0.15) is 0 Å². The largest absolute Gasteiger partial charge is 0.394 e. The van der Waals surface area contributed by atoms with Crippen molar-refractivity contribution in [2.75, 3.05) is 16.4 Å². The van der Waals surface area contributed by atoms with Crippen molar-refractivity contribution in [3.05, 3.63) is 85.8 Å². The highest BCUT2D eigenvalue weighted by Gasteiger charge is 2.67. The molecule has 1 aliphatic carbocycles. The van der Waals surface area contributed by atoms with Crippen molar-refractivity contribution in [3.63, 3.8) is 0 Å². The molecule has 2 unspecified atom stereocenters. The second-order valence-electron chi connectivity index (χ2n) is 7.79. The van der Waals surface area contributed by atoms with Gasteiger partial charge in [0, 0.05) is 21.1 Å². The summed E-state index contributed by atoms with van der Waals surface area (Å²) in [7, 11) is 0. The smallest absolute Gasteiger partial charge is 0.257 e. The molecule has 2 amide bonds. The molecule has 5 nitrogen and oxygen atoms in total. The molecule has 0 bridgehead atoms. The normalized spacial score (nSPS) is 18.1. The molecule has 182 valence electrons. The van der Waals surface area contributed by atoms with E-state index in [1.54, 1.807) is 18.2 Å². The van der Waals surface area contributed by atoms with Crippen LogP contribution < -0.4 is 16.4 Å². The van der Waals surface area contributed by atoms with Crippen LogP contribution in [-0.4, -0.2) is 16.1 Å². The summed E-state index contributed by atoms with van der Waals surface area (Å²) in [6, 6.07) is 11.3. The molecule has 1 aliphatic rings. The van der Waals surface area contributed by atoms with E-state index in [9.17, 15) is 18.4 Å². The number of nitrogens with one attached hydrogen (secondary N) is 2. The van der Waals surface area contributed by atoms with Crippen LogP contribution in [0.15, 0.2) is 53.0 Å². The molecule has 1 saturated carbocycles. The first-order valence-corrected chi connectivity index (χ1v) is 12.2. The summed E-state index contributed by atoms with van der Waals surface area (Å²) in [5.74, 6) is -4.66. The van der Waals surface area contributed by atoms with Crippen LogP contribution in [0.4, 0.5) is 25.8 Å². The van der Waals surface area contributed by atoms with Crippen molar-refractivity contribution in [1.29, 1.82) is 0 Å². The van der Waals surface area contributed by atoms with Crippen molar-refractivity contribution in [2.45, 2.75) is 10.3 Å². The van der Waals surface area contributed by atoms with Gasteiger partial charge in [0.05, 0.1) is 22.2 Å². The van der Waals surface area contributed by atoms with Crippen LogP contribution in [0.3, 0.4) is 0 Å². The number of halogens is 7. The highest BCUT2D eigenvalue weighted by Crippen LogP contribution is 2.65. The maximum Gasteiger partial charge on any atom is 0.257 e. The van der Waals surface area contributed by atoms with Crippen molar-refractivity contribution < 1.29 is 18.4 Å². The molecule has 1 fully saturated rings. The molecule has 0 saturated heterocycles. The molecule has 35 heavy (non-hydrogen) atoms. The Hall–Kier alpha value is -2.10. The van der Waals surface area contributed by atoms with Crippen LogP contribution >= 0.6 is 62.3 Å². The summed E-state index contributed by atoms with van der Waals surface area (Å²) in [5.41, 5.74) is 5.11. The molecule has 0 heterocycles. The Balaban J connectivity index is 1.52. The third-order valence-electron chi connectivity index (χ3n) is 5.43. The maximum atomic E-state index is 14.2. The van der Waals surface area contributed by atoms with Crippen molar-refractivity contribution in [2.24, 2.45) is 5.92 Å². The molecule has 2 atom stereocenters. The maximum absolute atomic E-state index is 14.2. The summed E-state index contributed by atoms with van der Waals surface area (Å²) in [4.78, 5) is 25.7. The molecule has 3 aromatic rings. The molecule has 12 heteroatoms. The fourth-order valence-electron chi connectivity index (χ4n) is 3.68. The zero-order valence-electron chi connectivity index (χ0n) is 17.3. The van der Waals surface area contributed by atoms with Gasteiger partial charge in [-0.15, -0.1) is 23.2 Å². The van der Waals surface area contributed by atoms with Gasteiger partial charge in [0.15, 0.2) is 5.82 Å². The average molecular weight is 624 g/mol. The minimum Gasteiger partial charge on any atom is -0.394 e. The summed E-state index contributed by atoms with van der Waals surface area (Å²) in [5, 5.41) is 5.45. The number of anilines is 3. The second-order valence-corrected chi connectivity index (χ2v) is 11.0. The van der Waals surface area contributed by atoms with E-state index in [1.807, 2.05) is 0 Å². The molecule has 3 aromatic carbocycles. The van der Waals surface area contributed by atoms with Gasteiger partial charge in [-0.1, -0.05) is 39.1 Å². The van der Waals surface area contributed by atoms with Crippen LogP contribution in [0.2, 0.25) is 10.0 Å². The van der Waals surface area contributed by atoms with E-state index in [-0.39, 0.29) is 22.0 Å². The average Bonchev–Trinajstić information content (AvgIpc) is 3.36. The zero-order valence-corrected chi connectivity index (χ0v) is 21.9. The highest BCUT2D eigenvalue weighted by molar-refractivity contribution is 9.10. The Labute approximate surface area is 227 Å². The first-order valence-electron chi connectivity index (χ1n) is 9.89. The predicted molar refractivity (Wildman–Crippen MR) is 139 cm³/mol. The van der Waals surface area contributed by atoms with Crippen molar-refractivity contribution in [3.8, 4) is 0 Å². The fourth-order valence-corrected chi connectivity index (χ4v) is 5.59. The number of alkyl halides is 2. The molecule has 4 rings (SSSR count). The van der Waals surface area contributed by atoms with Gasteiger partial charge in [-0.3, -0.25) is 9.59 Å². The number of carbonyl (C=O) groups is 2. The summed E-state index contributed by atoms with van der Waals surface area (Å²) in [6.45, 7) is 0. The lowest BCUT2D eigenvalue weighted by Gasteiger charge is -2.11. The second kappa shape index (κ2) is 9.75. The van der Waals surface area contributed by atoms with Gasteiger partial charge >= 0.3 is 0 Å². The van der Waals surface area contributed by atoms with Crippen LogP contribution in [0, 0.1) is 17.6 Å². The van der Waals surface area contributed by atoms with E-state index in [2.05, 4.69) is 26.6 Å². The van der Waals surface area contributed by atoms with Gasteiger partial charge in [-0.05, 0) is 54.1 Å². The van der Waals surface area contributed by atoms with E-state index in [4.69, 9.17) is 52.1 Å². The van der Waals surface area contributed by atoms with E-state index < -0.39 is 45.3 Å². The van der Waals surface area contributed by atoms with E-state index >= 15 is 0 Å². The lowest BCUT2D eigenvalue weighted by molar-refractivity contribution is -0.117. The topological polar surface area (TPSA) is 84.2 Å². The minimum absolute atomic E-state index is 0.0353. The quantitative estimate of drug-likeness (QED) is 0.205. The lowest BCUT2D eigenvalue weighted by Crippen LogP contribution is -2.18. The highest BCUT2D eigenvalue weighted by atomic mass is 79.9. The number of nitrogen functional groups attached to an aromatic ring is 1. The molecule has 0 aromatic heterocycles. The summed E-state index contributed by atoms with van der Waals surface area (Å²) < 4.78 is 26.9. The number of benzene rings is 3. The van der Waals surface area contributed by atoms with E-state index in [0.29, 0.717) is 15.1 Å². The number of carbonyl (C=O) groups excluding carboxylic acids is 2. The first kappa shape index (κ1) is 26.0. The Morgan fingerprint density at radius 2 is 1.71 bits per heavy atom. The monoisotopic (exact) mass is 621 g/mol. The third kappa shape index (κ3) is 5.22. The standard InChI is InChI=1S/C23H14BrCl4F2N3O2/c24-10-5-9(6-11(25)7-10)17-18(23(17,27)28)22(35)32-12-1-2-14(26)13(8-12)21(34)33-16-4-3-15(29)20(31)19(16)30/h1-8,17-18H,31H2,(H,32,35)(H,33,34).